The molecule has 10 heavy (non-hydrogen) atoms. The zero-order valence-corrected chi connectivity index (χ0v) is 8.00. The summed E-state index contributed by atoms with van der Waals surface area (Å²) >= 11 is 24.1. The highest BCUT2D eigenvalue weighted by atomic mass is 35.6. The first-order valence-corrected chi connectivity index (χ1v) is 3.93. The SMILES string of the molecule is FC(F)(C(Cl)Cl)C(Cl)(Cl)Cl. The van der Waals surface area contributed by atoms with Crippen molar-refractivity contribution < 1.29 is 8.78 Å². The van der Waals surface area contributed by atoms with Gasteiger partial charge in [0.15, 0.2) is 4.84 Å². The molecule has 0 saturated heterocycles. The van der Waals surface area contributed by atoms with E-state index in [0.29, 0.717) is 0 Å². The molecule has 0 radical (unpaired) electrons. The Balaban J connectivity index is 4.40. The van der Waals surface area contributed by atoms with Crippen molar-refractivity contribution in [2.24, 2.45) is 0 Å². The summed E-state index contributed by atoms with van der Waals surface area (Å²) in [4.78, 5) is -2.03. The van der Waals surface area contributed by atoms with Gasteiger partial charge in [-0.3, -0.25) is 0 Å². The van der Waals surface area contributed by atoms with Crippen molar-refractivity contribution in [2.45, 2.75) is 14.6 Å². The van der Waals surface area contributed by atoms with Crippen LogP contribution in [0, 0.1) is 0 Å². The number of hydrogen-bond donors (Lipinski definition) is 0. The zero-order chi connectivity index (χ0) is 8.58. The van der Waals surface area contributed by atoms with Crippen molar-refractivity contribution in [3.8, 4) is 0 Å². The number of halogens is 7. The molecule has 0 aromatic rings. The molecule has 0 amide bonds. The molecular weight excluding hydrogens is 251 g/mol. The molecule has 7 heteroatoms. The second-order valence-corrected chi connectivity index (χ2v) is 4.80. The summed E-state index contributed by atoms with van der Waals surface area (Å²) in [6.07, 6.45) is 0. The van der Waals surface area contributed by atoms with Crippen LogP contribution in [0.5, 0.6) is 0 Å². The fourth-order valence-corrected chi connectivity index (χ4v) is 1.11. The van der Waals surface area contributed by atoms with Crippen LogP contribution in [0.15, 0.2) is 0 Å². The average Bonchev–Trinajstić information content (AvgIpc) is 1.62. The molecule has 0 atom stereocenters. The van der Waals surface area contributed by atoms with Crippen LogP contribution < -0.4 is 0 Å². The van der Waals surface area contributed by atoms with E-state index in [1.807, 2.05) is 0 Å². The molecule has 0 bridgehead atoms. The molecule has 0 aromatic carbocycles. The van der Waals surface area contributed by atoms with Crippen molar-refractivity contribution in [3.05, 3.63) is 0 Å². The second-order valence-electron chi connectivity index (χ2n) is 1.42. The Morgan fingerprint density at radius 2 is 1.30 bits per heavy atom. The monoisotopic (exact) mass is 250 g/mol. The topological polar surface area (TPSA) is 0 Å². The van der Waals surface area contributed by atoms with E-state index >= 15 is 0 Å². The lowest BCUT2D eigenvalue weighted by molar-refractivity contribution is 0.0199. The Labute approximate surface area is 81.3 Å². The van der Waals surface area contributed by atoms with Gasteiger partial charge in [-0.2, -0.15) is 8.78 Å². The van der Waals surface area contributed by atoms with E-state index in [-0.39, 0.29) is 0 Å². The van der Waals surface area contributed by atoms with Gasteiger partial charge in [0.25, 0.3) is 3.79 Å². The van der Waals surface area contributed by atoms with Gasteiger partial charge in [0, 0.05) is 0 Å². The molecule has 0 aliphatic carbocycles. The second kappa shape index (κ2) is 3.36. The highest BCUT2D eigenvalue weighted by Crippen LogP contribution is 2.46. The Hall–Kier alpha value is 1.31. The first kappa shape index (κ1) is 11.3. The summed E-state index contributed by atoms with van der Waals surface area (Å²) in [6.45, 7) is 0. The van der Waals surface area contributed by atoms with Crippen molar-refractivity contribution in [3.63, 3.8) is 0 Å². The third-order valence-electron chi connectivity index (χ3n) is 0.652. The molecule has 0 aromatic heterocycles. The lowest BCUT2D eigenvalue weighted by Gasteiger charge is -2.24. The molecule has 0 unspecified atom stereocenters. The van der Waals surface area contributed by atoms with Gasteiger partial charge >= 0.3 is 5.92 Å². The van der Waals surface area contributed by atoms with Crippen molar-refractivity contribution in [1.82, 2.24) is 0 Å². The number of rotatable bonds is 1. The smallest absolute Gasteiger partial charge is 0.199 e. The Morgan fingerprint density at radius 1 is 1.00 bits per heavy atom. The molecule has 0 aliphatic heterocycles. The largest absolute Gasteiger partial charge is 0.323 e. The quantitative estimate of drug-likeness (QED) is 0.623. The maximum atomic E-state index is 12.4. The summed E-state index contributed by atoms with van der Waals surface area (Å²) in [5, 5.41) is 0. The average molecular weight is 252 g/mol. The van der Waals surface area contributed by atoms with Crippen molar-refractivity contribution in [2.75, 3.05) is 0 Å². The minimum absolute atomic E-state index is 2.03. The van der Waals surface area contributed by atoms with Gasteiger partial charge in [0.1, 0.15) is 0 Å². The van der Waals surface area contributed by atoms with E-state index in [1.165, 1.54) is 0 Å². The van der Waals surface area contributed by atoms with Crippen LogP contribution in [0.3, 0.4) is 0 Å². The lowest BCUT2D eigenvalue weighted by atomic mass is 10.4. The van der Waals surface area contributed by atoms with E-state index in [2.05, 4.69) is 0 Å². The van der Waals surface area contributed by atoms with Crippen LogP contribution in [-0.2, 0) is 0 Å². The summed E-state index contributed by atoms with van der Waals surface area (Å²) in [5.74, 6) is -3.74. The molecule has 0 nitrogen and oxygen atoms in total. The van der Waals surface area contributed by atoms with E-state index in [1.54, 1.807) is 0 Å². The number of alkyl halides is 7. The molecule has 0 fully saturated rings. The van der Waals surface area contributed by atoms with E-state index in [9.17, 15) is 8.78 Å². The molecule has 0 heterocycles. The normalized spacial score (nSPS) is 14.4. The maximum Gasteiger partial charge on any atom is 0.323 e. The van der Waals surface area contributed by atoms with Crippen LogP contribution in [0.25, 0.3) is 0 Å². The van der Waals surface area contributed by atoms with Gasteiger partial charge in [-0.15, -0.1) is 0 Å². The standard InChI is InChI=1S/C3HCl5F2/c4-1(5)2(9,10)3(6,7)8/h1H. The maximum absolute atomic E-state index is 12.4. The molecule has 0 spiro atoms. The van der Waals surface area contributed by atoms with E-state index in [0.717, 1.165) is 0 Å². The van der Waals surface area contributed by atoms with Gasteiger partial charge in [-0.25, -0.2) is 0 Å². The number of hydrogen-bond acceptors (Lipinski definition) is 0. The van der Waals surface area contributed by atoms with Crippen molar-refractivity contribution >= 4 is 58.0 Å². The van der Waals surface area contributed by atoms with Gasteiger partial charge < -0.3 is 0 Å². The lowest BCUT2D eigenvalue weighted by Crippen LogP contribution is -2.39. The Morgan fingerprint density at radius 3 is 1.30 bits per heavy atom. The predicted molar refractivity (Wildman–Crippen MR) is 40.7 cm³/mol. The molecule has 0 aliphatic rings. The summed E-state index contributed by atoms with van der Waals surface area (Å²) in [6, 6.07) is 0. The van der Waals surface area contributed by atoms with E-state index in [4.69, 9.17) is 58.0 Å². The minimum atomic E-state index is -3.74. The third-order valence-corrected chi connectivity index (χ3v) is 1.96. The Kier molecular flexibility index (Phi) is 3.80. The fraction of sp³-hybridized carbons (Fsp3) is 1.00. The summed E-state index contributed by atoms with van der Waals surface area (Å²) in [7, 11) is 0. The molecule has 0 rings (SSSR count). The Bertz CT molecular complexity index is 117. The van der Waals surface area contributed by atoms with Crippen LogP contribution in [0.1, 0.15) is 0 Å². The summed E-state index contributed by atoms with van der Waals surface area (Å²) < 4.78 is 22.0. The van der Waals surface area contributed by atoms with Crippen LogP contribution in [0.4, 0.5) is 8.78 Å². The van der Waals surface area contributed by atoms with Crippen LogP contribution in [0.2, 0.25) is 0 Å². The third kappa shape index (κ3) is 2.42. The van der Waals surface area contributed by atoms with E-state index < -0.39 is 14.6 Å². The molecule has 0 saturated carbocycles. The molecule has 62 valence electrons. The minimum Gasteiger partial charge on any atom is -0.199 e. The zero-order valence-electron chi connectivity index (χ0n) is 4.22. The van der Waals surface area contributed by atoms with Crippen LogP contribution >= 0.6 is 58.0 Å². The highest BCUT2D eigenvalue weighted by molar-refractivity contribution is 6.69. The highest BCUT2D eigenvalue weighted by Gasteiger charge is 2.55. The van der Waals surface area contributed by atoms with Gasteiger partial charge in [-0.1, -0.05) is 58.0 Å². The van der Waals surface area contributed by atoms with Crippen LogP contribution in [-0.4, -0.2) is 14.6 Å². The summed E-state index contributed by atoms with van der Waals surface area (Å²) in [5.41, 5.74) is 0. The van der Waals surface area contributed by atoms with Gasteiger partial charge in [-0.05, 0) is 0 Å². The first-order valence-electron chi connectivity index (χ1n) is 1.92. The molecular formula is C3HCl5F2. The predicted octanol–water partition coefficient (Wildman–Crippen LogP) is 3.80. The first-order chi connectivity index (χ1) is 4.19. The van der Waals surface area contributed by atoms with Gasteiger partial charge in [0.2, 0.25) is 0 Å². The fourth-order valence-electron chi connectivity index (χ4n) is 0.124. The van der Waals surface area contributed by atoms with Crippen molar-refractivity contribution in [1.29, 1.82) is 0 Å². The van der Waals surface area contributed by atoms with Gasteiger partial charge in [0.05, 0.1) is 0 Å². The molecule has 0 N–H and O–H groups in total.